The van der Waals surface area contributed by atoms with E-state index in [-0.39, 0.29) is 17.6 Å². The van der Waals surface area contributed by atoms with Gasteiger partial charge in [-0.25, -0.2) is 9.78 Å². The lowest BCUT2D eigenvalue weighted by atomic mass is 9.91. The van der Waals surface area contributed by atoms with Gasteiger partial charge in [-0.2, -0.15) is 4.98 Å². The van der Waals surface area contributed by atoms with E-state index in [1.54, 1.807) is 6.20 Å². The fraction of sp³-hybridized carbons (Fsp3) is 0.333. The molecule has 0 atom stereocenters. The number of carbonyl (C=O) groups excluding carboxylic acids is 1. The zero-order valence-corrected chi connectivity index (χ0v) is 16.7. The minimum Gasteiger partial charge on any atom is -0.453 e. The molecule has 0 bridgehead atoms. The van der Waals surface area contributed by atoms with Crippen molar-refractivity contribution in [3.8, 4) is 5.69 Å². The van der Waals surface area contributed by atoms with Gasteiger partial charge < -0.3 is 21.1 Å². The largest absolute Gasteiger partial charge is 0.453 e. The highest BCUT2D eigenvalue weighted by Gasteiger charge is 2.23. The maximum atomic E-state index is 12.7. The molecule has 1 aromatic carbocycles. The van der Waals surface area contributed by atoms with Crippen LogP contribution in [0.2, 0.25) is 0 Å². The molecule has 1 saturated carbocycles. The molecule has 1 aliphatic carbocycles. The number of hydrogen-bond donors (Lipinski definition) is 3. The second kappa shape index (κ2) is 8.40. The normalized spacial score (nSPS) is 18.7. The van der Waals surface area contributed by atoms with Gasteiger partial charge in [-0.1, -0.05) is 18.2 Å². The Kier molecular flexibility index (Phi) is 5.51. The van der Waals surface area contributed by atoms with E-state index in [2.05, 4.69) is 25.3 Å². The number of hydrogen-bond acceptors (Lipinski definition) is 7. The summed E-state index contributed by atoms with van der Waals surface area (Å²) in [7, 11) is 1.36. The fourth-order valence-corrected chi connectivity index (χ4v) is 3.81. The molecule has 4 N–H and O–H groups in total. The monoisotopic (exact) mass is 408 g/mol. The van der Waals surface area contributed by atoms with Crippen molar-refractivity contribution < 1.29 is 9.53 Å². The number of nitrogens with one attached hydrogen (secondary N) is 2. The Morgan fingerprint density at radius 1 is 1.17 bits per heavy atom. The minimum absolute atomic E-state index is 0.107. The third-order valence-corrected chi connectivity index (χ3v) is 5.37. The van der Waals surface area contributed by atoms with Crippen LogP contribution >= 0.6 is 0 Å². The molecule has 0 saturated heterocycles. The molecule has 0 unspecified atom stereocenters. The van der Waals surface area contributed by atoms with E-state index in [0.29, 0.717) is 28.4 Å². The number of nitrogens with two attached hydrogens (primary N) is 1. The summed E-state index contributed by atoms with van der Waals surface area (Å²) in [5.74, 6) is 0.446. The van der Waals surface area contributed by atoms with E-state index in [1.807, 2.05) is 30.3 Å². The van der Waals surface area contributed by atoms with E-state index in [4.69, 9.17) is 5.73 Å². The van der Waals surface area contributed by atoms with Gasteiger partial charge in [-0.3, -0.25) is 9.36 Å². The molecule has 4 rings (SSSR count). The third kappa shape index (κ3) is 4.05. The number of anilines is 2. The Labute approximate surface area is 173 Å². The number of benzene rings is 1. The Hall–Kier alpha value is -3.62. The summed E-state index contributed by atoms with van der Waals surface area (Å²) in [6, 6.07) is 11.0. The average molecular weight is 408 g/mol. The van der Waals surface area contributed by atoms with Crippen LogP contribution in [0.3, 0.4) is 0 Å². The number of amides is 1. The van der Waals surface area contributed by atoms with Crippen LogP contribution in [-0.2, 0) is 4.74 Å². The molecule has 0 spiro atoms. The number of nitrogens with zero attached hydrogens (tertiary/aromatic N) is 3. The van der Waals surface area contributed by atoms with Crippen LogP contribution in [0.25, 0.3) is 16.7 Å². The first-order chi connectivity index (χ1) is 14.5. The summed E-state index contributed by atoms with van der Waals surface area (Å²) < 4.78 is 6.20. The summed E-state index contributed by atoms with van der Waals surface area (Å²) in [6.07, 6.45) is 4.63. The van der Waals surface area contributed by atoms with Gasteiger partial charge in [0.1, 0.15) is 0 Å². The average Bonchev–Trinajstić information content (AvgIpc) is 2.75. The summed E-state index contributed by atoms with van der Waals surface area (Å²) in [6.45, 7) is 0. The Balaban J connectivity index is 1.58. The molecule has 9 heteroatoms. The van der Waals surface area contributed by atoms with Crippen molar-refractivity contribution in [2.45, 2.75) is 37.8 Å². The van der Waals surface area contributed by atoms with Gasteiger partial charge in [0.15, 0.2) is 5.65 Å². The van der Waals surface area contributed by atoms with E-state index in [0.717, 1.165) is 25.7 Å². The van der Waals surface area contributed by atoms with Gasteiger partial charge >= 0.3 is 6.09 Å². The van der Waals surface area contributed by atoms with Crippen molar-refractivity contribution in [3.05, 3.63) is 52.9 Å². The molecule has 0 radical (unpaired) electrons. The van der Waals surface area contributed by atoms with Gasteiger partial charge in [-0.15, -0.1) is 0 Å². The second-order valence-electron chi connectivity index (χ2n) is 7.37. The van der Waals surface area contributed by atoms with Crippen LogP contribution in [0, 0.1) is 0 Å². The number of methoxy groups -OCH3 is 1. The van der Waals surface area contributed by atoms with Crippen LogP contribution in [0.1, 0.15) is 25.7 Å². The number of carbonyl (C=O) groups is 1. The molecule has 9 nitrogen and oxygen atoms in total. The number of para-hydroxylation sites is 1. The van der Waals surface area contributed by atoms with Gasteiger partial charge in [0.25, 0.3) is 5.56 Å². The quantitative estimate of drug-likeness (QED) is 0.606. The summed E-state index contributed by atoms with van der Waals surface area (Å²) in [4.78, 5) is 33.1. The fourth-order valence-electron chi connectivity index (χ4n) is 3.81. The number of nitrogen functional groups attached to an aromatic ring is 1. The topological polar surface area (TPSA) is 124 Å². The molecule has 1 amide bonds. The van der Waals surface area contributed by atoms with Gasteiger partial charge in [0.2, 0.25) is 5.95 Å². The van der Waals surface area contributed by atoms with E-state index in [1.165, 1.54) is 17.7 Å². The predicted molar refractivity (Wildman–Crippen MR) is 115 cm³/mol. The molecule has 156 valence electrons. The third-order valence-electron chi connectivity index (χ3n) is 5.37. The minimum atomic E-state index is -0.402. The molecule has 2 heterocycles. The van der Waals surface area contributed by atoms with Crippen LogP contribution in [0.15, 0.2) is 47.4 Å². The standard InChI is InChI=1S/C21H24N6O3/c1-30-21(29)25-14-9-7-13(8-10-14)24-20-23-12-16-17(22)11-18(28)27(19(16)26-20)15-5-3-2-4-6-15/h2-6,11-14H,7-10,22H2,1H3,(H,25,29)(H,23,24,26). The molecule has 0 aliphatic heterocycles. The highest BCUT2D eigenvalue weighted by Crippen LogP contribution is 2.24. The number of rotatable bonds is 4. The lowest BCUT2D eigenvalue weighted by molar-refractivity contribution is 0.162. The SMILES string of the molecule is COC(=O)NC1CCC(Nc2ncc3c(N)cc(=O)n(-c4ccccc4)c3n2)CC1. The lowest BCUT2D eigenvalue weighted by Crippen LogP contribution is -2.40. The smallest absolute Gasteiger partial charge is 0.407 e. The maximum absolute atomic E-state index is 12.7. The van der Waals surface area contributed by atoms with Crippen molar-refractivity contribution in [3.63, 3.8) is 0 Å². The summed E-state index contributed by atoms with van der Waals surface area (Å²) in [5, 5.41) is 6.82. The van der Waals surface area contributed by atoms with E-state index < -0.39 is 6.09 Å². The molecular formula is C21H24N6O3. The van der Waals surface area contributed by atoms with Crippen LogP contribution < -0.4 is 21.9 Å². The van der Waals surface area contributed by atoms with E-state index in [9.17, 15) is 9.59 Å². The highest BCUT2D eigenvalue weighted by molar-refractivity contribution is 5.88. The lowest BCUT2D eigenvalue weighted by Gasteiger charge is -2.29. The molecule has 2 aromatic heterocycles. The van der Waals surface area contributed by atoms with Gasteiger partial charge in [0, 0.05) is 30.0 Å². The molecule has 1 fully saturated rings. The number of aromatic nitrogens is 3. The van der Waals surface area contributed by atoms with Crippen LogP contribution in [0.5, 0.6) is 0 Å². The maximum Gasteiger partial charge on any atom is 0.407 e. The van der Waals surface area contributed by atoms with Crippen LogP contribution in [0.4, 0.5) is 16.4 Å². The number of fused-ring (bicyclic) bond motifs is 1. The second-order valence-corrected chi connectivity index (χ2v) is 7.37. The molecular weight excluding hydrogens is 384 g/mol. The summed E-state index contributed by atoms with van der Waals surface area (Å²) in [5.41, 5.74) is 7.33. The Morgan fingerprint density at radius 3 is 2.57 bits per heavy atom. The Morgan fingerprint density at radius 2 is 1.87 bits per heavy atom. The molecule has 1 aliphatic rings. The van der Waals surface area contributed by atoms with Crippen molar-refractivity contribution in [2.75, 3.05) is 18.2 Å². The first-order valence-electron chi connectivity index (χ1n) is 9.90. The Bertz CT molecular complexity index is 1110. The molecule has 3 aromatic rings. The zero-order chi connectivity index (χ0) is 21.1. The first-order valence-corrected chi connectivity index (χ1v) is 9.90. The van der Waals surface area contributed by atoms with Gasteiger partial charge in [-0.05, 0) is 37.8 Å². The van der Waals surface area contributed by atoms with Crippen molar-refractivity contribution >= 4 is 28.8 Å². The van der Waals surface area contributed by atoms with Crippen LogP contribution in [-0.4, -0.2) is 39.8 Å². The summed E-state index contributed by atoms with van der Waals surface area (Å²) >= 11 is 0. The van der Waals surface area contributed by atoms with Crippen molar-refractivity contribution in [1.29, 1.82) is 0 Å². The number of pyridine rings is 1. The van der Waals surface area contributed by atoms with Gasteiger partial charge in [0.05, 0.1) is 18.2 Å². The first kappa shape index (κ1) is 19.7. The molecule has 30 heavy (non-hydrogen) atoms. The number of alkyl carbamates (subject to hydrolysis) is 1. The number of ether oxygens (including phenoxy) is 1. The van der Waals surface area contributed by atoms with Crippen molar-refractivity contribution in [2.24, 2.45) is 0 Å². The zero-order valence-electron chi connectivity index (χ0n) is 16.7. The predicted octanol–water partition coefficient (Wildman–Crippen LogP) is 2.44. The highest BCUT2D eigenvalue weighted by atomic mass is 16.5. The van der Waals surface area contributed by atoms with E-state index >= 15 is 0 Å². The van der Waals surface area contributed by atoms with Crippen molar-refractivity contribution in [1.82, 2.24) is 19.9 Å².